The Balaban J connectivity index is 2.85. The molecule has 96 valence electrons. The van der Waals surface area contributed by atoms with Gasteiger partial charge in [0, 0.05) is 24.5 Å². The molecule has 0 bridgehead atoms. The predicted octanol–water partition coefficient (Wildman–Crippen LogP) is 1.40. The van der Waals surface area contributed by atoms with Gasteiger partial charge in [-0.05, 0) is 34.1 Å². The van der Waals surface area contributed by atoms with Crippen LogP contribution in [0.1, 0.15) is 40.2 Å². The molecule has 5 nitrogen and oxygen atoms in total. The van der Waals surface area contributed by atoms with Crippen LogP contribution in [0.15, 0.2) is 17.2 Å². The summed E-state index contributed by atoms with van der Waals surface area (Å²) in [6.07, 6.45) is 3.47. The fraction of sp³-hybridized carbons (Fsp3) is 0.667. The maximum Gasteiger partial charge on any atom is 0.293 e. The lowest BCUT2D eigenvalue weighted by Gasteiger charge is -2.17. The number of hydrogen-bond acceptors (Lipinski definition) is 4. The Morgan fingerprint density at radius 3 is 2.59 bits per heavy atom. The van der Waals surface area contributed by atoms with Gasteiger partial charge in [-0.25, -0.2) is 4.98 Å². The molecule has 2 atom stereocenters. The van der Waals surface area contributed by atoms with E-state index in [1.165, 1.54) is 0 Å². The molecule has 1 aromatic rings. The Morgan fingerprint density at radius 2 is 2.06 bits per heavy atom. The Kier molecular flexibility index (Phi) is 4.69. The van der Waals surface area contributed by atoms with Gasteiger partial charge in [-0.2, -0.15) is 0 Å². The molecular formula is C12H21N3O2. The van der Waals surface area contributed by atoms with E-state index in [1.807, 2.05) is 20.8 Å². The Labute approximate surface area is 102 Å². The van der Waals surface area contributed by atoms with Crippen LogP contribution in [0.25, 0.3) is 0 Å². The zero-order valence-electron chi connectivity index (χ0n) is 10.8. The van der Waals surface area contributed by atoms with Gasteiger partial charge < -0.3 is 15.0 Å². The summed E-state index contributed by atoms with van der Waals surface area (Å²) < 4.78 is 1.63. The molecule has 0 spiro atoms. The molecule has 0 aliphatic rings. The van der Waals surface area contributed by atoms with E-state index in [0.29, 0.717) is 12.2 Å². The number of nitrogens with one attached hydrogen (secondary N) is 1. The highest BCUT2D eigenvalue weighted by Gasteiger charge is 2.11. The molecule has 0 saturated carbocycles. The predicted molar refractivity (Wildman–Crippen MR) is 68.3 cm³/mol. The van der Waals surface area contributed by atoms with Crippen molar-refractivity contribution < 1.29 is 5.11 Å². The summed E-state index contributed by atoms with van der Waals surface area (Å²) >= 11 is 0. The van der Waals surface area contributed by atoms with E-state index in [1.54, 1.807) is 23.9 Å². The second kappa shape index (κ2) is 5.82. The van der Waals surface area contributed by atoms with Gasteiger partial charge in [0.2, 0.25) is 0 Å². The fourth-order valence-corrected chi connectivity index (χ4v) is 1.73. The highest BCUT2D eigenvalue weighted by molar-refractivity contribution is 5.32. The molecule has 0 fully saturated rings. The van der Waals surface area contributed by atoms with E-state index in [0.717, 1.165) is 0 Å². The summed E-state index contributed by atoms with van der Waals surface area (Å²) in [4.78, 5) is 16.0. The summed E-state index contributed by atoms with van der Waals surface area (Å²) in [5, 5.41) is 12.3. The largest absolute Gasteiger partial charge is 0.393 e. The Bertz CT molecular complexity index is 412. The summed E-state index contributed by atoms with van der Waals surface area (Å²) in [6, 6.07) is 0.122. The number of nitrogens with zero attached hydrogens (tertiary/aromatic N) is 2. The van der Waals surface area contributed by atoms with Gasteiger partial charge >= 0.3 is 0 Å². The Hall–Kier alpha value is -1.36. The minimum absolute atomic E-state index is 0.0122. The third kappa shape index (κ3) is 3.85. The zero-order valence-corrected chi connectivity index (χ0v) is 10.8. The van der Waals surface area contributed by atoms with Crippen molar-refractivity contribution in [3.63, 3.8) is 0 Å². The molecule has 0 aromatic carbocycles. The van der Waals surface area contributed by atoms with Gasteiger partial charge in [-0.3, -0.25) is 4.79 Å². The van der Waals surface area contributed by atoms with E-state index in [2.05, 4.69) is 10.3 Å². The molecule has 0 radical (unpaired) electrons. The van der Waals surface area contributed by atoms with Gasteiger partial charge in [0.15, 0.2) is 5.82 Å². The molecular weight excluding hydrogens is 218 g/mol. The fourth-order valence-electron chi connectivity index (χ4n) is 1.73. The molecule has 0 amide bonds. The average molecular weight is 239 g/mol. The molecule has 1 aromatic heterocycles. The van der Waals surface area contributed by atoms with Crippen LogP contribution in [0, 0.1) is 0 Å². The number of aliphatic hydroxyl groups is 1. The minimum Gasteiger partial charge on any atom is -0.393 e. The number of aliphatic hydroxyl groups excluding tert-OH is 1. The van der Waals surface area contributed by atoms with Crippen molar-refractivity contribution in [2.45, 2.75) is 52.3 Å². The van der Waals surface area contributed by atoms with Crippen molar-refractivity contribution >= 4 is 5.82 Å². The first kappa shape index (κ1) is 13.7. The molecule has 0 aliphatic heterocycles. The molecule has 2 N–H and O–H groups in total. The second-order valence-corrected chi connectivity index (χ2v) is 4.71. The normalized spacial score (nSPS) is 14.7. The average Bonchev–Trinajstić information content (AvgIpc) is 2.19. The van der Waals surface area contributed by atoms with Crippen LogP contribution in [0.5, 0.6) is 0 Å². The smallest absolute Gasteiger partial charge is 0.293 e. The first-order valence-corrected chi connectivity index (χ1v) is 5.93. The van der Waals surface area contributed by atoms with E-state index >= 15 is 0 Å². The van der Waals surface area contributed by atoms with Crippen molar-refractivity contribution in [2.75, 3.05) is 5.32 Å². The maximum atomic E-state index is 12.0. The van der Waals surface area contributed by atoms with E-state index in [-0.39, 0.29) is 17.6 Å². The summed E-state index contributed by atoms with van der Waals surface area (Å²) in [5.74, 6) is 0.342. The third-order valence-corrected chi connectivity index (χ3v) is 2.50. The van der Waals surface area contributed by atoms with Gasteiger partial charge in [-0.15, -0.1) is 0 Å². The van der Waals surface area contributed by atoms with Crippen molar-refractivity contribution in [1.29, 1.82) is 0 Å². The molecule has 0 saturated heterocycles. The van der Waals surface area contributed by atoms with E-state index in [4.69, 9.17) is 0 Å². The third-order valence-electron chi connectivity index (χ3n) is 2.50. The SMILES string of the molecule is CC(O)CC(C)Nc1nccn(C(C)C)c1=O. The standard InChI is InChI=1S/C12H21N3O2/c1-8(2)15-6-5-13-11(12(15)17)14-9(3)7-10(4)16/h5-6,8-10,16H,7H2,1-4H3,(H,13,14). The summed E-state index contributed by atoms with van der Waals surface area (Å²) in [6.45, 7) is 7.54. The number of rotatable bonds is 5. The number of hydrogen-bond donors (Lipinski definition) is 2. The van der Waals surface area contributed by atoms with Crippen LogP contribution in [0.2, 0.25) is 0 Å². The molecule has 1 rings (SSSR count). The van der Waals surface area contributed by atoms with Gasteiger partial charge in [0.25, 0.3) is 5.56 Å². The molecule has 0 aliphatic carbocycles. The Morgan fingerprint density at radius 1 is 1.41 bits per heavy atom. The zero-order chi connectivity index (χ0) is 13.0. The van der Waals surface area contributed by atoms with Crippen LogP contribution in [-0.2, 0) is 0 Å². The van der Waals surface area contributed by atoms with Crippen molar-refractivity contribution in [3.8, 4) is 0 Å². The summed E-state index contributed by atoms with van der Waals surface area (Å²) in [7, 11) is 0. The second-order valence-electron chi connectivity index (χ2n) is 4.71. The van der Waals surface area contributed by atoms with E-state index < -0.39 is 6.10 Å². The van der Waals surface area contributed by atoms with Crippen LogP contribution < -0.4 is 10.9 Å². The first-order chi connectivity index (χ1) is 7.91. The lowest BCUT2D eigenvalue weighted by Crippen LogP contribution is -2.30. The van der Waals surface area contributed by atoms with Crippen LogP contribution in [-0.4, -0.2) is 26.8 Å². The molecule has 1 heterocycles. The highest BCUT2D eigenvalue weighted by Crippen LogP contribution is 2.05. The van der Waals surface area contributed by atoms with Gasteiger partial charge in [0.05, 0.1) is 6.10 Å². The lowest BCUT2D eigenvalue weighted by atomic mass is 10.1. The molecule has 17 heavy (non-hydrogen) atoms. The monoisotopic (exact) mass is 239 g/mol. The highest BCUT2D eigenvalue weighted by atomic mass is 16.3. The van der Waals surface area contributed by atoms with E-state index in [9.17, 15) is 9.90 Å². The lowest BCUT2D eigenvalue weighted by molar-refractivity contribution is 0.179. The van der Waals surface area contributed by atoms with Gasteiger partial charge in [0.1, 0.15) is 0 Å². The van der Waals surface area contributed by atoms with Crippen LogP contribution in [0.4, 0.5) is 5.82 Å². The van der Waals surface area contributed by atoms with Crippen LogP contribution in [0.3, 0.4) is 0 Å². The van der Waals surface area contributed by atoms with Gasteiger partial charge in [-0.1, -0.05) is 0 Å². The molecule has 5 heteroatoms. The van der Waals surface area contributed by atoms with Crippen molar-refractivity contribution in [2.24, 2.45) is 0 Å². The quantitative estimate of drug-likeness (QED) is 0.815. The first-order valence-electron chi connectivity index (χ1n) is 5.93. The number of aromatic nitrogens is 2. The maximum absolute atomic E-state index is 12.0. The minimum atomic E-state index is -0.395. The van der Waals surface area contributed by atoms with Crippen molar-refractivity contribution in [3.05, 3.63) is 22.7 Å². The van der Waals surface area contributed by atoms with Crippen LogP contribution >= 0.6 is 0 Å². The number of anilines is 1. The summed E-state index contributed by atoms with van der Waals surface area (Å²) in [5.41, 5.74) is -0.125. The topological polar surface area (TPSA) is 67.2 Å². The van der Waals surface area contributed by atoms with Crippen molar-refractivity contribution in [1.82, 2.24) is 9.55 Å². The molecule has 2 unspecified atom stereocenters.